The summed E-state index contributed by atoms with van der Waals surface area (Å²) in [5.41, 5.74) is 5.55. The van der Waals surface area contributed by atoms with E-state index in [4.69, 9.17) is 11.6 Å². The standard InChI is InChI=1S/C27H30ClN3O3S/c1-18-5-4-6-25(26(18)28)19(2)29-27(32)30-23-9-11-24(12-10-23)35(33,34)17-20-7-8-22-16-31(3)14-13-21(22)15-20/h4-12,15,19H,13-14,16-17H2,1-3H3,(H2,29,30,32)/t19-/m0/s1. The van der Waals surface area contributed by atoms with E-state index >= 15 is 0 Å². The number of halogens is 1. The third-order valence-corrected chi connectivity index (χ3v) is 8.56. The van der Waals surface area contributed by atoms with Gasteiger partial charge < -0.3 is 15.5 Å². The van der Waals surface area contributed by atoms with E-state index in [1.54, 1.807) is 12.1 Å². The van der Waals surface area contributed by atoms with Crippen LogP contribution in [0.15, 0.2) is 65.6 Å². The molecule has 0 spiro atoms. The number of nitrogens with one attached hydrogen (secondary N) is 2. The molecule has 35 heavy (non-hydrogen) atoms. The molecule has 0 saturated carbocycles. The Morgan fingerprint density at radius 3 is 2.57 bits per heavy atom. The Morgan fingerprint density at radius 1 is 1.09 bits per heavy atom. The second kappa shape index (κ2) is 10.4. The highest BCUT2D eigenvalue weighted by atomic mass is 35.5. The van der Waals surface area contributed by atoms with Crippen LogP contribution in [0.4, 0.5) is 10.5 Å². The lowest BCUT2D eigenvalue weighted by atomic mass is 9.98. The van der Waals surface area contributed by atoms with Crippen LogP contribution < -0.4 is 10.6 Å². The lowest BCUT2D eigenvalue weighted by molar-refractivity contribution is 0.249. The number of sulfone groups is 1. The van der Waals surface area contributed by atoms with Crippen molar-refractivity contribution in [3.05, 3.63) is 93.5 Å². The molecule has 6 nitrogen and oxygen atoms in total. The molecule has 1 atom stereocenters. The van der Waals surface area contributed by atoms with Gasteiger partial charge in [-0.15, -0.1) is 0 Å². The molecular weight excluding hydrogens is 482 g/mol. The monoisotopic (exact) mass is 511 g/mol. The summed E-state index contributed by atoms with van der Waals surface area (Å²) in [6.45, 7) is 5.64. The number of rotatable bonds is 6. The first-order chi connectivity index (χ1) is 16.6. The molecule has 0 unspecified atom stereocenters. The highest BCUT2D eigenvalue weighted by Crippen LogP contribution is 2.26. The maximum atomic E-state index is 13.0. The van der Waals surface area contributed by atoms with Gasteiger partial charge in [0.1, 0.15) is 0 Å². The number of carbonyl (C=O) groups excluding carboxylic acids is 1. The minimum Gasteiger partial charge on any atom is -0.331 e. The third kappa shape index (κ3) is 6.04. The normalized spacial score (nSPS) is 14.7. The third-order valence-electron chi connectivity index (χ3n) is 6.34. The maximum absolute atomic E-state index is 13.0. The van der Waals surface area contributed by atoms with Crippen LogP contribution in [0.3, 0.4) is 0 Å². The summed E-state index contributed by atoms with van der Waals surface area (Å²) >= 11 is 6.36. The molecule has 8 heteroatoms. The lowest BCUT2D eigenvalue weighted by Crippen LogP contribution is -2.31. The first-order valence-corrected chi connectivity index (χ1v) is 13.6. The van der Waals surface area contributed by atoms with Gasteiger partial charge in [0.05, 0.1) is 16.7 Å². The molecule has 0 aromatic heterocycles. The van der Waals surface area contributed by atoms with Gasteiger partial charge in [-0.3, -0.25) is 0 Å². The first-order valence-electron chi connectivity index (χ1n) is 11.6. The minimum absolute atomic E-state index is 0.0574. The Kier molecular flexibility index (Phi) is 7.50. The van der Waals surface area contributed by atoms with E-state index in [9.17, 15) is 13.2 Å². The Hall–Kier alpha value is -2.87. The molecule has 3 aromatic carbocycles. The second-order valence-electron chi connectivity index (χ2n) is 9.17. The van der Waals surface area contributed by atoms with E-state index in [1.807, 2.05) is 50.2 Å². The first kappa shape index (κ1) is 25.2. The molecule has 1 heterocycles. The topological polar surface area (TPSA) is 78.5 Å². The van der Waals surface area contributed by atoms with Crippen LogP contribution in [0.25, 0.3) is 0 Å². The summed E-state index contributed by atoms with van der Waals surface area (Å²) in [5, 5.41) is 6.24. The van der Waals surface area contributed by atoms with Crippen LogP contribution in [0.2, 0.25) is 5.02 Å². The van der Waals surface area contributed by atoms with E-state index in [0.717, 1.165) is 36.2 Å². The average molecular weight is 512 g/mol. The van der Waals surface area contributed by atoms with Gasteiger partial charge in [0, 0.05) is 23.8 Å². The van der Waals surface area contributed by atoms with E-state index in [2.05, 4.69) is 22.6 Å². The zero-order chi connectivity index (χ0) is 25.2. The van der Waals surface area contributed by atoms with Crippen molar-refractivity contribution < 1.29 is 13.2 Å². The number of aryl methyl sites for hydroxylation is 1. The Labute approximate surface area is 212 Å². The molecule has 2 N–H and O–H groups in total. The predicted octanol–water partition coefficient (Wildman–Crippen LogP) is 5.49. The number of likely N-dealkylation sites (N-methyl/N-ethyl adjacent to an activating group) is 1. The molecule has 0 fully saturated rings. The van der Waals surface area contributed by atoms with Crippen LogP contribution in [0.1, 0.15) is 40.8 Å². The zero-order valence-corrected chi connectivity index (χ0v) is 21.7. The number of nitrogens with zero attached hydrogens (tertiary/aromatic N) is 1. The summed E-state index contributed by atoms with van der Waals surface area (Å²) < 4.78 is 26.0. The summed E-state index contributed by atoms with van der Waals surface area (Å²) in [7, 11) is -1.43. The highest BCUT2D eigenvalue weighted by molar-refractivity contribution is 7.90. The molecule has 2 amide bonds. The van der Waals surface area contributed by atoms with E-state index in [0.29, 0.717) is 10.7 Å². The van der Waals surface area contributed by atoms with Crippen LogP contribution in [-0.4, -0.2) is 32.9 Å². The van der Waals surface area contributed by atoms with Gasteiger partial charge in [-0.2, -0.15) is 0 Å². The van der Waals surface area contributed by atoms with Gasteiger partial charge in [0.25, 0.3) is 0 Å². The number of hydrogen-bond donors (Lipinski definition) is 2. The average Bonchev–Trinajstić information content (AvgIpc) is 2.81. The van der Waals surface area contributed by atoms with Gasteiger partial charge in [-0.1, -0.05) is 48.0 Å². The van der Waals surface area contributed by atoms with Crippen molar-refractivity contribution in [2.75, 3.05) is 18.9 Å². The molecule has 4 rings (SSSR count). The number of hydrogen-bond acceptors (Lipinski definition) is 4. The summed E-state index contributed by atoms with van der Waals surface area (Å²) in [6.07, 6.45) is 0.927. The second-order valence-corrected chi connectivity index (χ2v) is 11.5. The summed E-state index contributed by atoms with van der Waals surface area (Å²) in [4.78, 5) is 14.9. The van der Waals surface area contributed by atoms with Crippen LogP contribution in [0, 0.1) is 6.92 Å². The number of amides is 2. The number of carbonyl (C=O) groups is 1. The molecular formula is C27H30ClN3O3S. The molecule has 0 radical (unpaired) electrons. The fourth-order valence-corrected chi connectivity index (χ4v) is 5.96. The van der Waals surface area contributed by atoms with Gasteiger partial charge in [0.15, 0.2) is 9.84 Å². The molecule has 3 aromatic rings. The fourth-order valence-electron chi connectivity index (χ4n) is 4.33. The fraction of sp³-hybridized carbons (Fsp3) is 0.296. The highest BCUT2D eigenvalue weighted by Gasteiger charge is 2.19. The molecule has 184 valence electrons. The van der Waals surface area contributed by atoms with Crippen molar-refractivity contribution in [2.45, 2.75) is 43.5 Å². The quantitative estimate of drug-likeness (QED) is 0.458. The van der Waals surface area contributed by atoms with Crippen LogP contribution in [-0.2, 0) is 28.6 Å². The summed E-state index contributed by atoms with van der Waals surface area (Å²) in [6, 6.07) is 17.2. The van der Waals surface area contributed by atoms with Crippen LogP contribution >= 0.6 is 11.6 Å². The van der Waals surface area contributed by atoms with Crippen molar-refractivity contribution in [3.8, 4) is 0 Å². The number of fused-ring (bicyclic) bond motifs is 1. The molecule has 0 bridgehead atoms. The van der Waals surface area contributed by atoms with Crippen molar-refractivity contribution in [3.63, 3.8) is 0 Å². The van der Waals surface area contributed by atoms with Crippen molar-refractivity contribution in [1.82, 2.24) is 10.2 Å². The minimum atomic E-state index is -3.51. The lowest BCUT2D eigenvalue weighted by Gasteiger charge is -2.25. The van der Waals surface area contributed by atoms with Crippen LogP contribution in [0.5, 0.6) is 0 Å². The molecule has 1 aliphatic heterocycles. The van der Waals surface area contributed by atoms with Gasteiger partial charge >= 0.3 is 6.03 Å². The van der Waals surface area contributed by atoms with Crippen molar-refractivity contribution in [2.24, 2.45) is 0 Å². The number of anilines is 1. The Balaban J connectivity index is 1.39. The Bertz CT molecular complexity index is 1340. The molecule has 0 aliphatic carbocycles. The van der Waals surface area contributed by atoms with Gasteiger partial charge in [0.2, 0.25) is 0 Å². The predicted molar refractivity (Wildman–Crippen MR) is 141 cm³/mol. The largest absolute Gasteiger partial charge is 0.331 e. The Morgan fingerprint density at radius 2 is 1.83 bits per heavy atom. The van der Waals surface area contributed by atoms with E-state index in [1.165, 1.54) is 23.3 Å². The zero-order valence-electron chi connectivity index (χ0n) is 20.1. The van der Waals surface area contributed by atoms with Crippen molar-refractivity contribution in [1.29, 1.82) is 0 Å². The van der Waals surface area contributed by atoms with Crippen molar-refractivity contribution >= 4 is 33.2 Å². The molecule has 1 aliphatic rings. The van der Waals surface area contributed by atoms with Gasteiger partial charge in [-0.05, 0) is 79.4 Å². The molecule has 0 saturated heterocycles. The smallest absolute Gasteiger partial charge is 0.319 e. The number of urea groups is 1. The maximum Gasteiger partial charge on any atom is 0.319 e. The van der Waals surface area contributed by atoms with E-state index < -0.39 is 15.9 Å². The number of benzene rings is 3. The summed E-state index contributed by atoms with van der Waals surface area (Å²) in [5.74, 6) is -0.0574. The van der Waals surface area contributed by atoms with Gasteiger partial charge in [-0.25, -0.2) is 13.2 Å². The SMILES string of the molecule is Cc1cccc([C@H](C)NC(=O)Nc2ccc(S(=O)(=O)Cc3ccc4c(c3)CCN(C)C4)cc2)c1Cl. The van der Waals surface area contributed by atoms with E-state index in [-0.39, 0.29) is 16.7 Å².